The minimum atomic E-state index is -0.577. The highest BCUT2D eigenvalue weighted by molar-refractivity contribution is 9.18. The molecule has 2 aliphatic heterocycles. The zero-order chi connectivity index (χ0) is 61.8. The van der Waals surface area contributed by atoms with Crippen molar-refractivity contribution in [2.24, 2.45) is 4.99 Å². The van der Waals surface area contributed by atoms with Crippen molar-refractivity contribution >= 4 is 146 Å². The maximum atomic E-state index is 11.7. The summed E-state index contributed by atoms with van der Waals surface area (Å²) < 4.78 is 5.70. The number of hydrogen-bond donors (Lipinski definition) is 7. The number of hydroxylamine groups is 1. The van der Waals surface area contributed by atoms with E-state index in [4.69, 9.17) is 66.5 Å². The summed E-state index contributed by atoms with van der Waals surface area (Å²) in [5.74, 6) is 0.265. The first kappa shape index (κ1) is 61.7. The number of aryl methyl sites for hydroxylation is 5. The van der Waals surface area contributed by atoms with Crippen LogP contribution >= 0.6 is 28.1 Å². The van der Waals surface area contributed by atoms with Gasteiger partial charge in [0, 0.05) is 55.2 Å². The van der Waals surface area contributed by atoms with Crippen molar-refractivity contribution < 1.29 is 19.5 Å². The standard InChI is InChI=1S/C18H16N4O2.C17H15N5O2.C10H7BrN2.C10H8N2S.C8H9N3/c1-11-8-15-16(10-14(11)19-2)21-18(20-15)22(3)13-7-5-6-12(9-13)17(23)24-4;1-10-7-14-15(9-13(10)18-2)20-17(19-14)22(3)12-6-4-5-11(8-12)16(23)21-24;1-6-3-7-4-10(11)13-9(7)5-8(6)12-2;1-6-3-7-4-10(13)12-9(7)5-8(6)11-2;1-5-3-6(9)7(10)4-8(5)11-2/h5-10H,1,3-4H3,(H,20,21);4-9,24H,1,3H3,(H,19,20)(H,21,23);3,5H,4H2,1H3;3,5H,4H2,1H3,(H,12,13);3-4H,9-10H2,1H3. The van der Waals surface area contributed by atoms with Gasteiger partial charge in [0.15, 0.2) is 28.4 Å². The average Bonchev–Trinajstić information content (AvgIpc) is 4.49. The second kappa shape index (κ2) is 27.2. The minimum absolute atomic E-state index is 0.337. The Hall–Kier alpha value is -10.9. The number of esters is 1. The Morgan fingerprint density at radius 2 is 1.07 bits per heavy atom. The summed E-state index contributed by atoms with van der Waals surface area (Å²) in [6, 6.07) is 32.4. The normalized spacial score (nSPS) is 11.2. The van der Waals surface area contributed by atoms with Gasteiger partial charge >= 0.3 is 5.97 Å². The van der Waals surface area contributed by atoms with Gasteiger partial charge in [-0.05, 0) is 174 Å². The number of aromatic nitrogens is 4. The largest absolute Gasteiger partial charge is 0.465 e. The molecular weight excluding hydrogens is 1160 g/mol. The molecule has 2 aliphatic rings. The third-order valence-electron chi connectivity index (χ3n) is 13.5. The number of carbonyl (C=O) groups excluding carboxylic acids is 2. The maximum absolute atomic E-state index is 11.7. The maximum Gasteiger partial charge on any atom is 0.337 e. The summed E-state index contributed by atoms with van der Waals surface area (Å²) in [5, 5.41) is 11.8. The molecule has 0 fully saturated rings. The van der Waals surface area contributed by atoms with Crippen molar-refractivity contribution in [1.82, 2.24) is 25.4 Å². The number of aliphatic imine (C=N–C) groups is 1. The number of fused-ring (bicyclic) bond motifs is 4. The number of nitrogens with one attached hydrogen (secondary N) is 4. The Balaban J connectivity index is 0.000000158. The number of nitrogen functional groups attached to an aromatic ring is 2. The van der Waals surface area contributed by atoms with Gasteiger partial charge in [0.1, 0.15) is 0 Å². The molecular formula is C63H55BrN16O4S. The summed E-state index contributed by atoms with van der Waals surface area (Å²) in [4.78, 5) is 64.7. The number of methoxy groups -OCH3 is 1. The lowest BCUT2D eigenvalue weighted by Gasteiger charge is -2.16. The number of imidazole rings is 2. The highest BCUT2D eigenvalue weighted by atomic mass is 79.9. The van der Waals surface area contributed by atoms with Crippen molar-refractivity contribution in [3.8, 4) is 0 Å². The lowest BCUT2D eigenvalue weighted by atomic mass is 10.1. The first-order valence-electron chi connectivity index (χ1n) is 25.7. The van der Waals surface area contributed by atoms with Gasteiger partial charge in [0.05, 0.1) is 88.6 Å². The van der Waals surface area contributed by atoms with Crippen LogP contribution in [0.4, 0.5) is 74.5 Å². The molecule has 0 unspecified atom stereocenters. The molecule has 0 spiro atoms. The molecule has 0 aliphatic carbocycles. The van der Waals surface area contributed by atoms with Crippen LogP contribution in [-0.2, 0) is 17.6 Å². The Labute approximate surface area is 505 Å². The summed E-state index contributed by atoms with van der Waals surface area (Å²) in [6.45, 7) is 44.6. The highest BCUT2D eigenvalue weighted by Gasteiger charge is 2.19. The molecule has 0 atom stereocenters. The highest BCUT2D eigenvalue weighted by Crippen LogP contribution is 2.36. The number of aromatic amines is 2. The molecule has 22 heteroatoms. The number of H-pyrrole nitrogens is 2. The quantitative estimate of drug-likeness (QED) is 0.0206. The smallest absolute Gasteiger partial charge is 0.337 e. The first-order valence-corrected chi connectivity index (χ1v) is 26.9. The van der Waals surface area contributed by atoms with Crippen LogP contribution in [0.3, 0.4) is 0 Å². The third-order valence-corrected chi connectivity index (χ3v) is 14.2. The molecule has 2 aromatic heterocycles. The van der Waals surface area contributed by atoms with Crippen molar-refractivity contribution in [2.75, 3.05) is 47.8 Å². The molecule has 9 N–H and O–H groups in total. The van der Waals surface area contributed by atoms with E-state index in [1.165, 1.54) is 18.2 Å². The van der Waals surface area contributed by atoms with Crippen LogP contribution in [0.2, 0.25) is 0 Å². The molecule has 11 rings (SSSR count). The van der Waals surface area contributed by atoms with Crippen LogP contribution in [0.15, 0.2) is 114 Å². The Morgan fingerprint density at radius 3 is 1.59 bits per heavy atom. The number of halogens is 1. The second-order valence-electron chi connectivity index (χ2n) is 19.4. The van der Waals surface area contributed by atoms with Crippen LogP contribution in [0.1, 0.15) is 59.7 Å². The van der Waals surface area contributed by atoms with Crippen LogP contribution in [-0.4, -0.2) is 67.8 Å². The summed E-state index contributed by atoms with van der Waals surface area (Å²) in [5.41, 5.74) is 31.3. The zero-order valence-corrected chi connectivity index (χ0v) is 49.8. The van der Waals surface area contributed by atoms with E-state index in [9.17, 15) is 9.59 Å². The number of thiocarbonyl (C=S) groups is 1. The van der Waals surface area contributed by atoms with Crippen LogP contribution in [0, 0.1) is 67.5 Å². The van der Waals surface area contributed by atoms with Crippen molar-refractivity contribution in [1.29, 1.82) is 0 Å². The van der Waals surface area contributed by atoms with Crippen molar-refractivity contribution in [2.45, 2.75) is 47.5 Å². The van der Waals surface area contributed by atoms with Gasteiger partial charge in [-0.1, -0.05) is 36.5 Å². The van der Waals surface area contributed by atoms with E-state index >= 15 is 0 Å². The van der Waals surface area contributed by atoms with Crippen molar-refractivity contribution in [3.05, 3.63) is 216 Å². The second-order valence-corrected chi connectivity index (χ2v) is 20.8. The first-order chi connectivity index (χ1) is 40.6. The fourth-order valence-electron chi connectivity index (χ4n) is 8.76. The van der Waals surface area contributed by atoms with Gasteiger partial charge in [-0.15, -0.1) is 0 Å². The molecule has 9 aromatic rings. The molecule has 0 saturated heterocycles. The number of amides is 1. The van der Waals surface area contributed by atoms with E-state index < -0.39 is 5.91 Å². The molecule has 85 heavy (non-hydrogen) atoms. The minimum Gasteiger partial charge on any atom is -0.465 e. The van der Waals surface area contributed by atoms with Gasteiger partial charge in [-0.25, -0.2) is 49.5 Å². The molecule has 0 bridgehead atoms. The monoisotopic (exact) mass is 1210 g/mol. The fourth-order valence-corrected chi connectivity index (χ4v) is 9.52. The van der Waals surface area contributed by atoms with E-state index in [1.807, 2.05) is 102 Å². The van der Waals surface area contributed by atoms with Gasteiger partial charge in [0.25, 0.3) is 5.91 Å². The lowest BCUT2D eigenvalue weighted by molar-refractivity contribution is 0.0600. The summed E-state index contributed by atoms with van der Waals surface area (Å²) in [7, 11) is 5.03. The topological polar surface area (TPSA) is 238 Å². The molecule has 0 radical (unpaired) electrons. The summed E-state index contributed by atoms with van der Waals surface area (Å²) in [6.07, 6.45) is 1.66. The number of ether oxygens (including phenoxy) is 1. The number of anilines is 7. The van der Waals surface area contributed by atoms with Crippen LogP contribution in [0.5, 0.6) is 0 Å². The molecule has 7 aromatic carbocycles. The SMILES string of the molecule is [C-]#[N+]c1cc(N)c(N)cc1C.[C-]#[N+]c1cc2c(cc1C)CC(=S)N2.[C-]#[N+]c1cc2c(cc1C)CC(Br)=N2.[C-]#[N+]c1cc2nc(N(C)c3cccc(C(=O)NO)c3)[nH]c2cc1C.[C-]#[N+]c1cc2nc(N(C)c3cccc(C(=O)OC)c3)[nH]c2cc1C. The number of hydrogen-bond acceptors (Lipinski definition) is 12. The van der Waals surface area contributed by atoms with E-state index in [-0.39, 0.29) is 5.97 Å². The molecule has 424 valence electrons. The van der Waals surface area contributed by atoms with Gasteiger partial charge < -0.3 is 41.3 Å². The average molecular weight is 1210 g/mol. The Morgan fingerprint density at radius 1 is 0.624 bits per heavy atom. The third kappa shape index (κ3) is 14.6. The number of benzene rings is 7. The molecule has 1 amide bonds. The summed E-state index contributed by atoms with van der Waals surface area (Å²) >= 11 is 8.42. The number of carbonyl (C=O) groups is 2. The van der Waals surface area contributed by atoms with Gasteiger partial charge in [-0.2, -0.15) is 0 Å². The van der Waals surface area contributed by atoms with E-state index in [1.54, 1.807) is 71.0 Å². The number of nitrogens with two attached hydrogens (primary N) is 2. The van der Waals surface area contributed by atoms with E-state index in [0.29, 0.717) is 68.4 Å². The molecule has 20 nitrogen and oxygen atoms in total. The predicted molar refractivity (Wildman–Crippen MR) is 345 cm³/mol. The van der Waals surface area contributed by atoms with Crippen LogP contribution in [0.25, 0.3) is 46.3 Å². The molecule has 0 saturated carbocycles. The number of rotatable bonds is 6. The lowest BCUT2D eigenvalue weighted by Crippen LogP contribution is -2.19. The van der Waals surface area contributed by atoms with Gasteiger partial charge in [-0.3, -0.25) is 10.0 Å². The predicted octanol–water partition coefficient (Wildman–Crippen LogP) is 15.4. The number of nitrogens with zero attached hydrogens (tertiary/aromatic N) is 10. The van der Waals surface area contributed by atoms with E-state index in [2.05, 4.69) is 70.4 Å². The fraction of sp³-hybridized carbons (Fsp3) is 0.159. The Bertz CT molecular complexity index is 4220. The van der Waals surface area contributed by atoms with Crippen molar-refractivity contribution in [3.63, 3.8) is 0 Å². The molecule has 4 heterocycles. The zero-order valence-electron chi connectivity index (χ0n) is 47.4. The van der Waals surface area contributed by atoms with Gasteiger partial charge in [0.2, 0.25) is 11.9 Å². The van der Waals surface area contributed by atoms with Crippen LogP contribution < -0.4 is 32.1 Å². The van der Waals surface area contributed by atoms with E-state index in [0.717, 1.165) is 89.6 Å². The Kier molecular flexibility index (Phi) is 19.8.